The zero-order chi connectivity index (χ0) is 20.7. The van der Waals surface area contributed by atoms with Crippen LogP contribution in [0.25, 0.3) is 11.0 Å². The van der Waals surface area contributed by atoms with Crippen molar-refractivity contribution in [2.45, 2.75) is 33.0 Å². The van der Waals surface area contributed by atoms with E-state index < -0.39 is 11.6 Å². The summed E-state index contributed by atoms with van der Waals surface area (Å²) >= 11 is 0. The number of amides is 1. The maximum atomic E-state index is 13.7. The summed E-state index contributed by atoms with van der Waals surface area (Å²) in [4.78, 5) is 21.2. The van der Waals surface area contributed by atoms with Crippen LogP contribution in [0.2, 0.25) is 0 Å². The Morgan fingerprint density at radius 3 is 2.66 bits per heavy atom. The molecular weight excluding hydrogens is 374 g/mol. The van der Waals surface area contributed by atoms with Crippen LogP contribution in [-0.4, -0.2) is 45.9 Å². The molecule has 0 bridgehead atoms. The van der Waals surface area contributed by atoms with E-state index in [1.54, 1.807) is 11.5 Å². The minimum atomic E-state index is -0.938. The second kappa shape index (κ2) is 7.55. The largest absolute Gasteiger partial charge is 0.336 e. The summed E-state index contributed by atoms with van der Waals surface area (Å²) in [6.07, 6.45) is 0.811. The molecule has 0 spiro atoms. The first-order valence-corrected chi connectivity index (χ1v) is 9.67. The lowest BCUT2D eigenvalue weighted by Crippen LogP contribution is -2.38. The van der Waals surface area contributed by atoms with Gasteiger partial charge in [0.25, 0.3) is 0 Å². The fourth-order valence-corrected chi connectivity index (χ4v) is 3.96. The molecule has 0 aliphatic carbocycles. The lowest BCUT2D eigenvalue weighted by molar-refractivity contribution is -0.132. The van der Waals surface area contributed by atoms with E-state index in [0.717, 1.165) is 30.7 Å². The van der Waals surface area contributed by atoms with Crippen molar-refractivity contribution in [1.82, 2.24) is 19.4 Å². The molecule has 5 nitrogen and oxygen atoms in total. The highest BCUT2D eigenvalue weighted by Crippen LogP contribution is 2.23. The molecule has 29 heavy (non-hydrogen) atoms. The number of fused-ring (bicyclic) bond motifs is 2. The van der Waals surface area contributed by atoms with E-state index in [0.29, 0.717) is 29.9 Å². The number of carbonyl (C=O) groups excluding carboxylic acids is 1. The third-order valence-electron chi connectivity index (χ3n) is 5.41. The van der Waals surface area contributed by atoms with Gasteiger partial charge in [0.2, 0.25) is 5.91 Å². The molecule has 1 aliphatic rings. The molecule has 0 radical (unpaired) electrons. The number of halogens is 2. The molecule has 0 unspecified atom stereocenters. The quantitative estimate of drug-likeness (QED) is 0.677. The number of carbonyl (C=O) groups is 1. The van der Waals surface area contributed by atoms with Crippen LogP contribution in [0.3, 0.4) is 0 Å². The first kappa shape index (κ1) is 19.5. The van der Waals surface area contributed by atoms with E-state index >= 15 is 0 Å². The van der Waals surface area contributed by atoms with E-state index in [-0.39, 0.29) is 12.5 Å². The van der Waals surface area contributed by atoms with Crippen molar-refractivity contribution in [2.75, 3.05) is 20.6 Å². The number of nitrogens with zero attached hydrogens (tertiary/aromatic N) is 4. The molecule has 2 aromatic carbocycles. The molecule has 4 rings (SSSR count). The van der Waals surface area contributed by atoms with Crippen molar-refractivity contribution in [3.05, 3.63) is 64.5 Å². The SMILES string of the molecule is Cc1nc2cc(F)c(F)cc2n1CC(=O)N1CCc2cc(CN(C)C)ccc2C1. The van der Waals surface area contributed by atoms with E-state index in [1.807, 2.05) is 19.0 Å². The van der Waals surface area contributed by atoms with Crippen molar-refractivity contribution >= 4 is 16.9 Å². The van der Waals surface area contributed by atoms with Crippen molar-refractivity contribution in [3.8, 4) is 0 Å². The van der Waals surface area contributed by atoms with Gasteiger partial charge >= 0.3 is 0 Å². The van der Waals surface area contributed by atoms with Crippen LogP contribution in [0.4, 0.5) is 8.78 Å². The Morgan fingerprint density at radius 1 is 1.14 bits per heavy atom. The van der Waals surface area contributed by atoms with Crippen molar-refractivity contribution in [1.29, 1.82) is 0 Å². The Kier molecular flexibility index (Phi) is 5.08. The van der Waals surface area contributed by atoms with Gasteiger partial charge in [-0.05, 0) is 44.1 Å². The third-order valence-corrected chi connectivity index (χ3v) is 5.41. The van der Waals surface area contributed by atoms with Crippen LogP contribution in [-0.2, 0) is 30.8 Å². The smallest absolute Gasteiger partial charge is 0.242 e. The van der Waals surface area contributed by atoms with Gasteiger partial charge in [0.15, 0.2) is 11.6 Å². The Balaban J connectivity index is 1.52. The van der Waals surface area contributed by atoms with E-state index in [4.69, 9.17) is 0 Å². The maximum absolute atomic E-state index is 13.7. The predicted octanol–water partition coefficient (Wildman–Crippen LogP) is 3.27. The maximum Gasteiger partial charge on any atom is 0.242 e. The molecule has 0 saturated carbocycles. The Morgan fingerprint density at radius 2 is 1.90 bits per heavy atom. The highest BCUT2D eigenvalue weighted by atomic mass is 19.2. The van der Waals surface area contributed by atoms with Gasteiger partial charge in [0, 0.05) is 31.8 Å². The molecule has 0 fully saturated rings. The molecule has 1 aliphatic heterocycles. The normalized spacial score (nSPS) is 13.9. The van der Waals surface area contributed by atoms with Crippen LogP contribution in [0, 0.1) is 18.6 Å². The van der Waals surface area contributed by atoms with Crippen LogP contribution in [0.15, 0.2) is 30.3 Å². The van der Waals surface area contributed by atoms with Gasteiger partial charge in [-0.2, -0.15) is 0 Å². The number of rotatable bonds is 4. The second-order valence-corrected chi connectivity index (χ2v) is 7.91. The Bertz CT molecular complexity index is 1090. The summed E-state index contributed by atoms with van der Waals surface area (Å²) in [5.41, 5.74) is 4.50. The molecule has 2 heterocycles. The van der Waals surface area contributed by atoms with Gasteiger partial charge in [-0.3, -0.25) is 4.79 Å². The zero-order valence-corrected chi connectivity index (χ0v) is 16.9. The predicted molar refractivity (Wildman–Crippen MR) is 107 cm³/mol. The van der Waals surface area contributed by atoms with Gasteiger partial charge < -0.3 is 14.4 Å². The number of hydrogen-bond donors (Lipinski definition) is 0. The summed E-state index contributed by atoms with van der Waals surface area (Å²) < 4.78 is 28.8. The first-order chi connectivity index (χ1) is 13.8. The number of aryl methyl sites for hydroxylation is 1. The molecule has 0 N–H and O–H groups in total. The second-order valence-electron chi connectivity index (χ2n) is 7.91. The van der Waals surface area contributed by atoms with Crippen molar-refractivity contribution in [3.63, 3.8) is 0 Å². The van der Waals surface area contributed by atoms with Crippen LogP contribution in [0.5, 0.6) is 0 Å². The summed E-state index contributed by atoms with van der Waals surface area (Å²) in [5, 5.41) is 0. The zero-order valence-electron chi connectivity index (χ0n) is 16.9. The lowest BCUT2D eigenvalue weighted by Gasteiger charge is -2.30. The third kappa shape index (κ3) is 3.87. The molecule has 0 atom stereocenters. The van der Waals surface area contributed by atoms with Gasteiger partial charge in [-0.25, -0.2) is 13.8 Å². The Labute approximate surface area is 168 Å². The highest BCUT2D eigenvalue weighted by Gasteiger charge is 2.23. The number of hydrogen-bond acceptors (Lipinski definition) is 3. The molecule has 0 saturated heterocycles. The number of imidazole rings is 1. The molecule has 1 amide bonds. The average molecular weight is 398 g/mol. The summed E-state index contributed by atoms with van der Waals surface area (Å²) in [6.45, 7) is 3.89. The van der Waals surface area contributed by atoms with Crippen LogP contribution >= 0.6 is 0 Å². The van der Waals surface area contributed by atoms with Gasteiger partial charge in [-0.1, -0.05) is 18.2 Å². The van der Waals surface area contributed by atoms with Crippen molar-refractivity contribution in [2.24, 2.45) is 0 Å². The van der Waals surface area contributed by atoms with Gasteiger partial charge in [0.05, 0.1) is 11.0 Å². The van der Waals surface area contributed by atoms with E-state index in [2.05, 4.69) is 28.1 Å². The molecular formula is C22H24F2N4O. The lowest BCUT2D eigenvalue weighted by atomic mass is 9.97. The summed E-state index contributed by atoms with van der Waals surface area (Å²) in [7, 11) is 4.09. The number of aromatic nitrogens is 2. The molecule has 3 aromatic rings. The molecule has 7 heteroatoms. The first-order valence-electron chi connectivity index (χ1n) is 9.67. The fraction of sp³-hybridized carbons (Fsp3) is 0.364. The molecule has 1 aromatic heterocycles. The van der Waals surface area contributed by atoms with Crippen LogP contribution in [0.1, 0.15) is 22.5 Å². The van der Waals surface area contributed by atoms with Crippen LogP contribution < -0.4 is 0 Å². The van der Waals surface area contributed by atoms with Gasteiger partial charge in [-0.15, -0.1) is 0 Å². The standard InChI is InChI=1S/C22H24F2N4O/c1-14-25-20-9-18(23)19(24)10-21(20)28(14)13-22(29)27-7-6-16-8-15(11-26(2)3)4-5-17(16)12-27/h4-5,8-10H,6-7,11-13H2,1-3H3. The fourth-order valence-electron chi connectivity index (χ4n) is 3.96. The van der Waals surface area contributed by atoms with E-state index in [9.17, 15) is 13.6 Å². The average Bonchev–Trinajstić information content (AvgIpc) is 2.95. The topological polar surface area (TPSA) is 41.4 Å². The number of benzene rings is 2. The highest BCUT2D eigenvalue weighted by molar-refractivity contribution is 5.81. The van der Waals surface area contributed by atoms with Gasteiger partial charge in [0.1, 0.15) is 12.4 Å². The minimum Gasteiger partial charge on any atom is -0.336 e. The van der Waals surface area contributed by atoms with E-state index in [1.165, 1.54) is 11.1 Å². The summed E-state index contributed by atoms with van der Waals surface area (Å²) in [5.74, 6) is -1.37. The summed E-state index contributed by atoms with van der Waals surface area (Å²) in [6, 6.07) is 8.61. The Hall–Kier alpha value is -2.80. The monoisotopic (exact) mass is 398 g/mol. The van der Waals surface area contributed by atoms with Crippen molar-refractivity contribution < 1.29 is 13.6 Å². The minimum absolute atomic E-state index is 0.0554. The molecule has 152 valence electrons.